The van der Waals surface area contributed by atoms with Crippen LogP contribution in [-0.4, -0.2) is 46.9 Å². The summed E-state index contributed by atoms with van der Waals surface area (Å²) in [6, 6.07) is 6.41. The number of methoxy groups -OCH3 is 1. The number of hydrogen-bond acceptors (Lipinski definition) is 5. The molecule has 0 amide bonds. The minimum absolute atomic E-state index is 0.0123. The molecule has 19 heavy (non-hydrogen) atoms. The molecule has 108 valence electrons. The average molecular weight is 288 g/mol. The topological polar surface area (TPSA) is 87.7 Å². The summed E-state index contributed by atoms with van der Waals surface area (Å²) in [5, 5.41) is 12.1. The summed E-state index contributed by atoms with van der Waals surface area (Å²) in [7, 11) is -0.442. The summed E-state index contributed by atoms with van der Waals surface area (Å²) in [6.45, 7) is 0.532. The highest BCUT2D eigenvalue weighted by atomic mass is 32.2. The van der Waals surface area contributed by atoms with Crippen LogP contribution in [0, 0.1) is 0 Å². The van der Waals surface area contributed by atoms with E-state index in [-0.39, 0.29) is 17.5 Å². The summed E-state index contributed by atoms with van der Waals surface area (Å²) < 4.78 is 30.4. The van der Waals surface area contributed by atoms with E-state index in [0.717, 1.165) is 5.69 Å². The van der Waals surface area contributed by atoms with Crippen molar-refractivity contribution in [1.82, 2.24) is 4.72 Å². The average Bonchev–Trinajstić information content (AvgIpc) is 2.40. The molecule has 1 rings (SSSR count). The van der Waals surface area contributed by atoms with Crippen molar-refractivity contribution in [1.29, 1.82) is 0 Å². The van der Waals surface area contributed by atoms with Crippen LogP contribution < -0.4 is 10.0 Å². The third-order valence-electron chi connectivity index (χ3n) is 2.65. The van der Waals surface area contributed by atoms with Gasteiger partial charge in [0, 0.05) is 19.4 Å². The molecule has 1 aromatic carbocycles. The van der Waals surface area contributed by atoms with Crippen LogP contribution in [0.3, 0.4) is 0 Å². The molecule has 6 nitrogen and oxygen atoms in total. The molecule has 1 aromatic rings. The van der Waals surface area contributed by atoms with Gasteiger partial charge in [0.2, 0.25) is 10.0 Å². The molecule has 0 radical (unpaired) electrons. The number of anilines is 1. The molecular weight excluding hydrogens is 268 g/mol. The predicted molar refractivity (Wildman–Crippen MR) is 73.7 cm³/mol. The van der Waals surface area contributed by atoms with E-state index in [1.54, 1.807) is 19.2 Å². The standard InChI is InChI=1S/C12H20N2O4S/c1-13-19(16,17)12-5-3-10(4-6-12)14-11(7-8-15)9-18-2/h3-6,11,13-15H,7-9H2,1-2H3. The predicted octanol–water partition coefficient (Wildman–Crippen LogP) is 0.404. The number of aliphatic hydroxyl groups excluding tert-OH is 1. The SMILES string of the molecule is CNS(=O)(=O)c1ccc(NC(CCO)COC)cc1. The van der Waals surface area contributed by atoms with Gasteiger partial charge in [-0.1, -0.05) is 0 Å². The first kappa shape index (κ1) is 15.9. The zero-order valence-electron chi connectivity index (χ0n) is 11.1. The molecule has 7 heteroatoms. The summed E-state index contributed by atoms with van der Waals surface area (Å²) in [4.78, 5) is 0.214. The summed E-state index contributed by atoms with van der Waals surface area (Å²) >= 11 is 0. The second kappa shape index (κ2) is 7.44. The minimum Gasteiger partial charge on any atom is -0.396 e. The molecule has 0 saturated heterocycles. The van der Waals surface area contributed by atoms with E-state index in [1.807, 2.05) is 0 Å². The van der Waals surface area contributed by atoms with Crippen LogP contribution in [0.5, 0.6) is 0 Å². The van der Waals surface area contributed by atoms with E-state index in [0.29, 0.717) is 13.0 Å². The van der Waals surface area contributed by atoms with Crippen molar-refractivity contribution in [3.05, 3.63) is 24.3 Å². The normalized spacial score (nSPS) is 13.2. The molecular formula is C12H20N2O4S. The van der Waals surface area contributed by atoms with Crippen molar-refractivity contribution >= 4 is 15.7 Å². The van der Waals surface area contributed by atoms with Gasteiger partial charge in [-0.2, -0.15) is 0 Å². The van der Waals surface area contributed by atoms with E-state index < -0.39 is 10.0 Å². The van der Waals surface area contributed by atoms with Gasteiger partial charge in [0.25, 0.3) is 0 Å². The summed E-state index contributed by atoms with van der Waals surface area (Å²) in [5.74, 6) is 0. The molecule has 1 atom stereocenters. The Bertz CT molecular complexity index is 467. The van der Waals surface area contributed by atoms with Crippen molar-refractivity contribution in [2.24, 2.45) is 0 Å². The fourth-order valence-electron chi connectivity index (χ4n) is 1.64. The highest BCUT2D eigenvalue weighted by Crippen LogP contribution is 2.15. The number of ether oxygens (including phenoxy) is 1. The largest absolute Gasteiger partial charge is 0.396 e. The molecule has 0 heterocycles. The van der Waals surface area contributed by atoms with Crippen LogP contribution >= 0.6 is 0 Å². The first-order valence-electron chi connectivity index (χ1n) is 5.93. The van der Waals surface area contributed by atoms with Crippen LogP contribution in [0.25, 0.3) is 0 Å². The van der Waals surface area contributed by atoms with Crippen LogP contribution in [0.15, 0.2) is 29.2 Å². The fraction of sp³-hybridized carbons (Fsp3) is 0.500. The Morgan fingerprint density at radius 3 is 2.42 bits per heavy atom. The maximum atomic E-state index is 11.6. The second-order valence-electron chi connectivity index (χ2n) is 4.04. The molecule has 0 fully saturated rings. The number of aliphatic hydroxyl groups is 1. The Morgan fingerprint density at radius 1 is 1.32 bits per heavy atom. The number of hydrogen-bond donors (Lipinski definition) is 3. The van der Waals surface area contributed by atoms with Gasteiger partial charge < -0.3 is 15.2 Å². The Balaban J connectivity index is 2.76. The van der Waals surface area contributed by atoms with Gasteiger partial charge in [-0.25, -0.2) is 13.1 Å². The van der Waals surface area contributed by atoms with Gasteiger partial charge in [0.05, 0.1) is 17.5 Å². The molecule has 0 bridgehead atoms. The molecule has 0 aromatic heterocycles. The van der Waals surface area contributed by atoms with E-state index >= 15 is 0 Å². The molecule has 0 aliphatic heterocycles. The zero-order valence-corrected chi connectivity index (χ0v) is 11.9. The third-order valence-corrected chi connectivity index (χ3v) is 4.08. The van der Waals surface area contributed by atoms with Gasteiger partial charge >= 0.3 is 0 Å². The highest BCUT2D eigenvalue weighted by Gasteiger charge is 2.12. The maximum absolute atomic E-state index is 11.6. The first-order chi connectivity index (χ1) is 9.03. The highest BCUT2D eigenvalue weighted by molar-refractivity contribution is 7.89. The van der Waals surface area contributed by atoms with Crippen molar-refractivity contribution in [3.63, 3.8) is 0 Å². The van der Waals surface area contributed by atoms with Gasteiger partial charge in [0.1, 0.15) is 0 Å². The number of rotatable bonds is 8. The van der Waals surface area contributed by atoms with Crippen LogP contribution in [0.1, 0.15) is 6.42 Å². The fourth-order valence-corrected chi connectivity index (χ4v) is 2.37. The van der Waals surface area contributed by atoms with Crippen molar-refractivity contribution < 1.29 is 18.3 Å². The van der Waals surface area contributed by atoms with E-state index in [2.05, 4.69) is 10.0 Å². The zero-order chi connectivity index (χ0) is 14.3. The van der Waals surface area contributed by atoms with Crippen molar-refractivity contribution in [3.8, 4) is 0 Å². The van der Waals surface area contributed by atoms with E-state index in [4.69, 9.17) is 9.84 Å². The van der Waals surface area contributed by atoms with Gasteiger partial charge in [0.15, 0.2) is 0 Å². The monoisotopic (exact) mass is 288 g/mol. The lowest BCUT2D eigenvalue weighted by Gasteiger charge is -2.18. The lowest BCUT2D eigenvalue weighted by molar-refractivity contribution is 0.170. The molecule has 0 aliphatic rings. The van der Waals surface area contributed by atoms with E-state index in [9.17, 15) is 8.42 Å². The number of sulfonamides is 1. The Hall–Kier alpha value is -1.15. The van der Waals surface area contributed by atoms with Gasteiger partial charge in [-0.05, 0) is 37.7 Å². The molecule has 0 saturated carbocycles. The Labute approximate surface area is 113 Å². The smallest absolute Gasteiger partial charge is 0.240 e. The number of benzene rings is 1. The molecule has 0 spiro atoms. The van der Waals surface area contributed by atoms with Crippen LogP contribution in [0.4, 0.5) is 5.69 Å². The first-order valence-corrected chi connectivity index (χ1v) is 7.41. The minimum atomic E-state index is -3.41. The molecule has 0 aliphatic carbocycles. The molecule has 3 N–H and O–H groups in total. The Morgan fingerprint density at radius 2 is 1.95 bits per heavy atom. The van der Waals surface area contributed by atoms with Crippen LogP contribution in [0.2, 0.25) is 0 Å². The maximum Gasteiger partial charge on any atom is 0.240 e. The summed E-state index contributed by atoms with van der Waals surface area (Å²) in [6.07, 6.45) is 0.560. The third kappa shape index (κ3) is 4.79. The van der Waals surface area contributed by atoms with Crippen molar-refractivity contribution in [2.45, 2.75) is 17.4 Å². The number of nitrogens with one attached hydrogen (secondary N) is 2. The summed E-state index contributed by atoms with van der Waals surface area (Å²) in [5.41, 5.74) is 0.783. The lowest BCUT2D eigenvalue weighted by Crippen LogP contribution is -2.26. The van der Waals surface area contributed by atoms with E-state index in [1.165, 1.54) is 19.2 Å². The van der Waals surface area contributed by atoms with Crippen LogP contribution in [-0.2, 0) is 14.8 Å². The lowest BCUT2D eigenvalue weighted by atomic mass is 10.2. The van der Waals surface area contributed by atoms with Gasteiger partial charge in [-0.15, -0.1) is 0 Å². The quantitative estimate of drug-likeness (QED) is 0.644. The molecule has 1 unspecified atom stereocenters. The van der Waals surface area contributed by atoms with Crippen molar-refractivity contribution in [2.75, 3.05) is 32.7 Å². The van der Waals surface area contributed by atoms with Gasteiger partial charge in [-0.3, -0.25) is 0 Å². The second-order valence-corrected chi connectivity index (χ2v) is 5.93. The Kier molecular flexibility index (Phi) is 6.23.